The highest BCUT2D eigenvalue weighted by molar-refractivity contribution is 5.71. The molecule has 1 atom stereocenters. The van der Waals surface area contributed by atoms with E-state index in [0.29, 0.717) is 19.3 Å². The molecule has 0 aliphatic rings. The van der Waals surface area contributed by atoms with Crippen LogP contribution >= 0.6 is 0 Å². The third-order valence-electron chi connectivity index (χ3n) is 11.6. The summed E-state index contributed by atoms with van der Waals surface area (Å²) in [7, 11) is 0. The second-order valence-corrected chi connectivity index (χ2v) is 17.8. The SMILES string of the molecule is CCCCC/C=C\C/C=C\CCCCCCCC(=O)OCC(COC(=O)CCCCCCC/C=C\CCCCCCCC)OC(=O)CCCCCCCCCCCCCCC. The number of allylic oxidation sites excluding steroid dienone is 6. The topological polar surface area (TPSA) is 78.9 Å². The van der Waals surface area contributed by atoms with Gasteiger partial charge in [0.2, 0.25) is 0 Å². The van der Waals surface area contributed by atoms with Crippen LogP contribution in [0.1, 0.15) is 278 Å². The van der Waals surface area contributed by atoms with E-state index in [4.69, 9.17) is 14.2 Å². The molecule has 0 aromatic carbocycles. The first-order valence-corrected chi connectivity index (χ1v) is 26.5. The van der Waals surface area contributed by atoms with Crippen LogP contribution < -0.4 is 0 Å². The van der Waals surface area contributed by atoms with Crippen molar-refractivity contribution in [3.63, 3.8) is 0 Å². The second-order valence-electron chi connectivity index (χ2n) is 17.8. The summed E-state index contributed by atoms with van der Waals surface area (Å²) in [5.74, 6) is -0.888. The Bertz CT molecular complexity index is 1030. The van der Waals surface area contributed by atoms with Gasteiger partial charge in [0.25, 0.3) is 0 Å². The highest BCUT2D eigenvalue weighted by Gasteiger charge is 2.19. The highest BCUT2D eigenvalue weighted by atomic mass is 16.6. The zero-order valence-electron chi connectivity index (χ0n) is 40.7. The number of carbonyl (C=O) groups excluding carboxylic acids is 3. The molecule has 0 aromatic heterocycles. The number of hydrogen-bond donors (Lipinski definition) is 0. The number of rotatable bonds is 48. The second kappa shape index (κ2) is 50.3. The largest absolute Gasteiger partial charge is 0.462 e. The number of esters is 3. The fourth-order valence-electron chi connectivity index (χ4n) is 7.59. The summed E-state index contributed by atoms with van der Waals surface area (Å²) in [6.07, 6.45) is 58.3. The van der Waals surface area contributed by atoms with Crippen molar-refractivity contribution in [3.8, 4) is 0 Å². The molecule has 0 fully saturated rings. The summed E-state index contributed by atoms with van der Waals surface area (Å²) < 4.78 is 16.8. The van der Waals surface area contributed by atoms with Crippen molar-refractivity contribution >= 4 is 17.9 Å². The fourth-order valence-corrected chi connectivity index (χ4v) is 7.59. The average Bonchev–Trinajstić information content (AvgIpc) is 3.26. The minimum Gasteiger partial charge on any atom is -0.462 e. The summed E-state index contributed by atoms with van der Waals surface area (Å²) in [4.78, 5) is 38.0. The number of unbranched alkanes of at least 4 members (excludes halogenated alkanes) is 31. The molecule has 0 heterocycles. The van der Waals surface area contributed by atoms with Crippen LogP contribution in [0.3, 0.4) is 0 Å². The van der Waals surface area contributed by atoms with Gasteiger partial charge in [-0.1, -0.05) is 218 Å². The minimum atomic E-state index is -0.777. The van der Waals surface area contributed by atoms with Gasteiger partial charge < -0.3 is 14.2 Å². The van der Waals surface area contributed by atoms with Crippen molar-refractivity contribution in [2.45, 2.75) is 284 Å². The number of hydrogen-bond acceptors (Lipinski definition) is 6. The van der Waals surface area contributed by atoms with Crippen LogP contribution in [0.15, 0.2) is 36.5 Å². The van der Waals surface area contributed by atoms with E-state index in [1.165, 1.54) is 154 Å². The maximum Gasteiger partial charge on any atom is 0.306 e. The van der Waals surface area contributed by atoms with E-state index >= 15 is 0 Å². The van der Waals surface area contributed by atoms with E-state index in [-0.39, 0.29) is 31.1 Å². The van der Waals surface area contributed by atoms with Gasteiger partial charge in [-0.15, -0.1) is 0 Å². The Balaban J connectivity index is 4.38. The van der Waals surface area contributed by atoms with Gasteiger partial charge in [-0.3, -0.25) is 14.4 Å². The molecular formula is C55H100O6. The van der Waals surface area contributed by atoms with Gasteiger partial charge in [0.15, 0.2) is 6.10 Å². The maximum absolute atomic E-state index is 12.8. The molecule has 0 N–H and O–H groups in total. The van der Waals surface area contributed by atoms with E-state index in [1.807, 2.05) is 0 Å². The standard InChI is InChI=1S/C55H100O6/c1-4-7-10-13-16-19-22-25-27-30-32-35-38-41-44-47-53(56)59-50-52(61-55(58)49-46-43-40-37-34-29-24-21-18-15-12-9-6-3)51-60-54(57)48-45-42-39-36-33-31-28-26-23-20-17-14-11-8-5-2/h16,19,25-28,52H,4-15,17-18,20-24,29-51H2,1-3H3/b19-16-,27-25-,28-26-. The van der Waals surface area contributed by atoms with Crippen LogP contribution in [0.4, 0.5) is 0 Å². The molecule has 0 amide bonds. The van der Waals surface area contributed by atoms with Crippen LogP contribution in [-0.4, -0.2) is 37.2 Å². The summed E-state index contributed by atoms with van der Waals surface area (Å²) in [6.45, 7) is 6.61. The lowest BCUT2D eigenvalue weighted by Crippen LogP contribution is -2.30. The van der Waals surface area contributed by atoms with Gasteiger partial charge in [0.1, 0.15) is 13.2 Å². The molecule has 0 saturated heterocycles. The van der Waals surface area contributed by atoms with E-state index in [2.05, 4.69) is 57.2 Å². The quantitative estimate of drug-likeness (QED) is 0.0262. The van der Waals surface area contributed by atoms with Crippen LogP contribution in [0.5, 0.6) is 0 Å². The lowest BCUT2D eigenvalue weighted by Gasteiger charge is -2.18. The lowest BCUT2D eigenvalue weighted by molar-refractivity contribution is -0.167. The molecule has 0 bridgehead atoms. The predicted molar refractivity (Wildman–Crippen MR) is 261 cm³/mol. The Labute approximate surface area is 378 Å². The third-order valence-corrected chi connectivity index (χ3v) is 11.6. The highest BCUT2D eigenvalue weighted by Crippen LogP contribution is 2.15. The first kappa shape index (κ1) is 58.6. The Morgan fingerprint density at radius 2 is 0.590 bits per heavy atom. The normalized spacial score (nSPS) is 12.2. The molecule has 6 heteroatoms. The zero-order valence-corrected chi connectivity index (χ0v) is 40.7. The van der Waals surface area contributed by atoms with Gasteiger partial charge in [0.05, 0.1) is 0 Å². The molecule has 0 aromatic rings. The van der Waals surface area contributed by atoms with Gasteiger partial charge >= 0.3 is 17.9 Å². The first-order valence-electron chi connectivity index (χ1n) is 26.5. The molecule has 0 rings (SSSR count). The smallest absolute Gasteiger partial charge is 0.306 e. The fraction of sp³-hybridized carbons (Fsp3) is 0.836. The summed E-state index contributed by atoms with van der Waals surface area (Å²) >= 11 is 0. The van der Waals surface area contributed by atoms with Crippen LogP contribution in [-0.2, 0) is 28.6 Å². The van der Waals surface area contributed by atoms with Gasteiger partial charge in [-0.05, 0) is 77.0 Å². The van der Waals surface area contributed by atoms with Crippen LogP contribution in [0.25, 0.3) is 0 Å². The molecule has 0 saturated carbocycles. The molecule has 0 aliphatic carbocycles. The molecule has 6 nitrogen and oxygen atoms in total. The van der Waals surface area contributed by atoms with Crippen molar-refractivity contribution in [1.29, 1.82) is 0 Å². The third kappa shape index (κ3) is 48.5. The zero-order chi connectivity index (χ0) is 44.4. The number of ether oxygens (including phenoxy) is 3. The predicted octanol–water partition coefficient (Wildman–Crippen LogP) is 17.3. The Morgan fingerprint density at radius 1 is 0.328 bits per heavy atom. The van der Waals surface area contributed by atoms with Gasteiger partial charge in [-0.2, -0.15) is 0 Å². The van der Waals surface area contributed by atoms with E-state index in [9.17, 15) is 14.4 Å². The van der Waals surface area contributed by atoms with Gasteiger partial charge in [0, 0.05) is 19.3 Å². The Kier molecular flexibility index (Phi) is 48.3. The molecule has 0 aliphatic heterocycles. The van der Waals surface area contributed by atoms with Crippen molar-refractivity contribution in [2.24, 2.45) is 0 Å². The number of carbonyl (C=O) groups is 3. The van der Waals surface area contributed by atoms with E-state index in [0.717, 1.165) is 83.5 Å². The molecule has 0 radical (unpaired) electrons. The van der Waals surface area contributed by atoms with Crippen molar-refractivity contribution < 1.29 is 28.6 Å². The Morgan fingerprint density at radius 3 is 0.951 bits per heavy atom. The molecule has 1 unspecified atom stereocenters. The van der Waals surface area contributed by atoms with Gasteiger partial charge in [-0.25, -0.2) is 0 Å². The minimum absolute atomic E-state index is 0.0782. The molecular weight excluding hydrogens is 757 g/mol. The van der Waals surface area contributed by atoms with E-state index < -0.39 is 6.10 Å². The average molecular weight is 857 g/mol. The van der Waals surface area contributed by atoms with Crippen molar-refractivity contribution in [2.75, 3.05) is 13.2 Å². The molecule has 356 valence electrons. The summed E-state index contributed by atoms with van der Waals surface area (Å²) in [5.41, 5.74) is 0. The Hall–Kier alpha value is -2.37. The van der Waals surface area contributed by atoms with Crippen LogP contribution in [0, 0.1) is 0 Å². The molecule has 61 heavy (non-hydrogen) atoms. The van der Waals surface area contributed by atoms with Crippen molar-refractivity contribution in [3.05, 3.63) is 36.5 Å². The lowest BCUT2D eigenvalue weighted by atomic mass is 10.0. The summed E-state index contributed by atoms with van der Waals surface area (Å²) in [5, 5.41) is 0. The van der Waals surface area contributed by atoms with E-state index in [1.54, 1.807) is 0 Å². The van der Waals surface area contributed by atoms with Crippen LogP contribution in [0.2, 0.25) is 0 Å². The van der Waals surface area contributed by atoms with Crippen molar-refractivity contribution in [1.82, 2.24) is 0 Å². The monoisotopic (exact) mass is 857 g/mol. The summed E-state index contributed by atoms with van der Waals surface area (Å²) in [6, 6.07) is 0. The first-order chi connectivity index (χ1) is 30.0. The maximum atomic E-state index is 12.8. The molecule has 0 spiro atoms.